The van der Waals surface area contributed by atoms with Crippen LogP contribution in [0.5, 0.6) is 5.75 Å². The largest absolute Gasteiger partial charge is 0.497 e. The Labute approximate surface area is 142 Å². The lowest BCUT2D eigenvalue weighted by atomic mass is 10.3. The molecule has 9 heteroatoms. The zero-order chi connectivity index (χ0) is 16.9. The molecule has 8 nitrogen and oxygen atoms in total. The van der Waals surface area contributed by atoms with Crippen molar-refractivity contribution in [2.24, 2.45) is 0 Å². The van der Waals surface area contributed by atoms with Crippen molar-refractivity contribution in [1.29, 1.82) is 0 Å². The summed E-state index contributed by atoms with van der Waals surface area (Å²) in [5.41, 5.74) is 1.35. The van der Waals surface area contributed by atoms with Crippen molar-refractivity contribution in [1.82, 2.24) is 25.5 Å². The normalized spacial score (nSPS) is 10.9. The van der Waals surface area contributed by atoms with E-state index in [4.69, 9.17) is 9.15 Å². The molecule has 2 N–H and O–H groups in total. The topological polar surface area (TPSA) is 106 Å². The Morgan fingerprint density at radius 2 is 2.29 bits per heavy atom. The number of rotatable bonds is 7. The summed E-state index contributed by atoms with van der Waals surface area (Å²) in [4.78, 5) is 20.5. The average molecular weight is 347 g/mol. The maximum Gasteiger partial charge on any atom is 0.230 e. The third-order valence-electron chi connectivity index (χ3n) is 3.25. The number of aromatic amines is 1. The van der Waals surface area contributed by atoms with Crippen LogP contribution in [0, 0.1) is 0 Å². The van der Waals surface area contributed by atoms with Gasteiger partial charge in [0.05, 0.1) is 19.4 Å². The number of H-pyrrole nitrogens is 1. The van der Waals surface area contributed by atoms with E-state index in [1.165, 1.54) is 11.8 Å². The van der Waals surface area contributed by atoms with E-state index in [9.17, 15) is 4.79 Å². The fraction of sp³-hybridized carbons (Fsp3) is 0.333. The SMILES string of the molecule is CCc1nc(SCC(=O)NCc2nc3cc(OC)ccc3o2)n[nH]1. The second kappa shape index (κ2) is 7.35. The van der Waals surface area contributed by atoms with E-state index in [2.05, 4.69) is 25.5 Å². The number of thioether (sulfide) groups is 1. The van der Waals surface area contributed by atoms with E-state index >= 15 is 0 Å². The number of amides is 1. The highest BCUT2D eigenvalue weighted by Gasteiger charge is 2.10. The number of carbonyl (C=O) groups is 1. The molecule has 0 fully saturated rings. The van der Waals surface area contributed by atoms with Gasteiger partial charge in [-0.25, -0.2) is 9.97 Å². The van der Waals surface area contributed by atoms with Crippen molar-refractivity contribution in [3.8, 4) is 5.75 Å². The van der Waals surface area contributed by atoms with Crippen LogP contribution < -0.4 is 10.1 Å². The van der Waals surface area contributed by atoms with Crippen LogP contribution in [0.4, 0.5) is 0 Å². The molecule has 0 bridgehead atoms. The number of aryl methyl sites for hydroxylation is 1. The quantitative estimate of drug-likeness (QED) is 0.629. The highest BCUT2D eigenvalue weighted by molar-refractivity contribution is 7.99. The summed E-state index contributed by atoms with van der Waals surface area (Å²) in [6.45, 7) is 2.21. The summed E-state index contributed by atoms with van der Waals surface area (Å²) in [7, 11) is 1.59. The van der Waals surface area contributed by atoms with Crippen LogP contribution >= 0.6 is 11.8 Å². The maximum absolute atomic E-state index is 11.9. The smallest absolute Gasteiger partial charge is 0.230 e. The predicted molar refractivity (Wildman–Crippen MR) is 88.9 cm³/mol. The molecule has 0 aliphatic rings. The molecule has 0 saturated carbocycles. The zero-order valence-corrected chi connectivity index (χ0v) is 14.1. The first-order valence-electron chi connectivity index (χ1n) is 7.42. The molecule has 0 spiro atoms. The molecule has 126 valence electrons. The number of fused-ring (bicyclic) bond motifs is 1. The number of nitrogens with one attached hydrogen (secondary N) is 2. The molecule has 2 heterocycles. The van der Waals surface area contributed by atoms with Crippen LogP contribution in [0.1, 0.15) is 18.6 Å². The number of ether oxygens (including phenoxy) is 1. The van der Waals surface area contributed by atoms with Crippen LogP contribution in [0.2, 0.25) is 0 Å². The van der Waals surface area contributed by atoms with E-state index in [1.54, 1.807) is 25.3 Å². The lowest BCUT2D eigenvalue weighted by molar-refractivity contribution is -0.118. The third-order valence-corrected chi connectivity index (χ3v) is 4.10. The zero-order valence-electron chi connectivity index (χ0n) is 13.3. The van der Waals surface area contributed by atoms with Crippen molar-refractivity contribution >= 4 is 28.8 Å². The maximum atomic E-state index is 11.9. The molecule has 0 atom stereocenters. The number of aromatic nitrogens is 4. The van der Waals surface area contributed by atoms with Crippen LogP contribution in [-0.2, 0) is 17.8 Å². The average Bonchev–Trinajstić information content (AvgIpc) is 3.23. The first-order chi connectivity index (χ1) is 11.7. The molecule has 0 saturated heterocycles. The minimum absolute atomic E-state index is 0.136. The standard InChI is InChI=1S/C15H17N5O3S/c1-3-12-18-15(20-19-12)24-8-13(21)16-7-14-17-10-6-9(22-2)4-5-11(10)23-14/h4-6H,3,7-8H2,1-2H3,(H,16,21)(H,18,19,20). The van der Waals surface area contributed by atoms with E-state index in [0.29, 0.717) is 27.9 Å². The monoisotopic (exact) mass is 347 g/mol. The molecule has 0 unspecified atom stereocenters. The van der Waals surface area contributed by atoms with E-state index < -0.39 is 0 Å². The molecule has 1 aromatic carbocycles. The van der Waals surface area contributed by atoms with Crippen molar-refractivity contribution in [2.75, 3.05) is 12.9 Å². The Kier molecular flexibility index (Phi) is 4.99. The number of hydrogen-bond donors (Lipinski definition) is 2. The summed E-state index contributed by atoms with van der Waals surface area (Å²) in [6.07, 6.45) is 0.780. The van der Waals surface area contributed by atoms with Gasteiger partial charge in [-0.1, -0.05) is 18.7 Å². The molecular weight excluding hydrogens is 330 g/mol. The minimum atomic E-state index is -0.136. The third kappa shape index (κ3) is 3.85. The summed E-state index contributed by atoms with van der Waals surface area (Å²) >= 11 is 1.28. The minimum Gasteiger partial charge on any atom is -0.497 e. The van der Waals surface area contributed by atoms with Gasteiger partial charge in [0.25, 0.3) is 0 Å². The van der Waals surface area contributed by atoms with Crippen molar-refractivity contribution in [3.63, 3.8) is 0 Å². The van der Waals surface area contributed by atoms with Crippen molar-refractivity contribution in [2.45, 2.75) is 25.0 Å². The number of benzene rings is 1. The number of carbonyl (C=O) groups excluding carboxylic acids is 1. The van der Waals surface area contributed by atoms with Gasteiger partial charge in [-0.3, -0.25) is 9.89 Å². The summed E-state index contributed by atoms with van der Waals surface area (Å²) in [5, 5.41) is 10.2. The molecule has 24 heavy (non-hydrogen) atoms. The predicted octanol–water partition coefficient (Wildman–Crippen LogP) is 1.93. The molecule has 3 rings (SSSR count). The highest BCUT2D eigenvalue weighted by atomic mass is 32.2. The Hall–Kier alpha value is -2.55. The molecule has 3 aromatic rings. The van der Waals surface area contributed by atoms with Gasteiger partial charge >= 0.3 is 0 Å². The lowest BCUT2D eigenvalue weighted by Gasteiger charge is -2.00. The second-order valence-corrected chi connectivity index (χ2v) is 5.87. The summed E-state index contributed by atoms with van der Waals surface area (Å²) in [5.74, 6) is 2.06. The molecule has 1 amide bonds. The molecule has 0 aliphatic carbocycles. The second-order valence-electron chi connectivity index (χ2n) is 4.92. The number of methoxy groups -OCH3 is 1. The summed E-state index contributed by atoms with van der Waals surface area (Å²) < 4.78 is 10.7. The lowest BCUT2D eigenvalue weighted by Crippen LogP contribution is -2.24. The van der Waals surface area contributed by atoms with Gasteiger partial charge < -0.3 is 14.5 Å². The fourth-order valence-electron chi connectivity index (χ4n) is 2.01. The number of oxazole rings is 1. The van der Waals surface area contributed by atoms with Crippen LogP contribution in [0.15, 0.2) is 27.8 Å². The van der Waals surface area contributed by atoms with Crippen molar-refractivity contribution in [3.05, 3.63) is 29.9 Å². The van der Waals surface area contributed by atoms with Gasteiger partial charge in [0.1, 0.15) is 17.1 Å². The molecular formula is C15H17N5O3S. The molecule has 2 aromatic heterocycles. The number of hydrogen-bond acceptors (Lipinski definition) is 7. The Morgan fingerprint density at radius 3 is 3.04 bits per heavy atom. The van der Waals surface area contributed by atoms with Gasteiger partial charge in [-0.15, -0.1) is 5.10 Å². The number of nitrogens with zero attached hydrogens (tertiary/aromatic N) is 3. The van der Waals surface area contributed by atoms with E-state index in [0.717, 1.165) is 12.2 Å². The molecule has 0 radical (unpaired) electrons. The Bertz CT molecular complexity index is 845. The van der Waals surface area contributed by atoms with Crippen LogP contribution in [0.25, 0.3) is 11.1 Å². The first-order valence-corrected chi connectivity index (χ1v) is 8.40. The van der Waals surface area contributed by atoms with Gasteiger partial charge in [0, 0.05) is 12.5 Å². The fourth-order valence-corrected chi connectivity index (χ4v) is 2.66. The van der Waals surface area contributed by atoms with Crippen molar-refractivity contribution < 1.29 is 13.9 Å². The van der Waals surface area contributed by atoms with Crippen LogP contribution in [-0.4, -0.2) is 38.9 Å². The Morgan fingerprint density at radius 1 is 1.42 bits per heavy atom. The Balaban J connectivity index is 1.52. The van der Waals surface area contributed by atoms with E-state index in [-0.39, 0.29) is 18.2 Å². The van der Waals surface area contributed by atoms with E-state index in [1.807, 2.05) is 6.92 Å². The van der Waals surface area contributed by atoms with Gasteiger partial charge in [0.15, 0.2) is 5.58 Å². The van der Waals surface area contributed by atoms with Gasteiger partial charge in [0.2, 0.25) is 17.0 Å². The first kappa shape index (κ1) is 16.3. The molecule has 0 aliphatic heterocycles. The summed E-state index contributed by atoms with van der Waals surface area (Å²) in [6, 6.07) is 5.37. The van der Waals surface area contributed by atoms with Crippen LogP contribution in [0.3, 0.4) is 0 Å². The van der Waals surface area contributed by atoms with Gasteiger partial charge in [-0.05, 0) is 12.1 Å². The van der Waals surface area contributed by atoms with Gasteiger partial charge in [-0.2, -0.15) is 0 Å². The highest BCUT2D eigenvalue weighted by Crippen LogP contribution is 2.21.